The van der Waals surface area contributed by atoms with Crippen molar-refractivity contribution in [2.24, 2.45) is 5.73 Å². The molecule has 0 aliphatic carbocycles. The molecule has 0 fully saturated rings. The third-order valence-electron chi connectivity index (χ3n) is 2.77. The van der Waals surface area contributed by atoms with Crippen molar-refractivity contribution in [1.29, 1.82) is 0 Å². The minimum atomic E-state index is 0.406. The lowest BCUT2D eigenvalue weighted by atomic mass is 10.3. The van der Waals surface area contributed by atoms with E-state index in [0.29, 0.717) is 12.5 Å². The fourth-order valence-corrected chi connectivity index (χ4v) is 1.95. The van der Waals surface area contributed by atoms with Crippen LogP contribution in [0.15, 0.2) is 36.7 Å². The topological polar surface area (TPSA) is 69.6 Å². The number of nitrogens with zero attached hydrogens (tertiary/aromatic N) is 4. The number of benzene rings is 1. The predicted octanol–water partition coefficient (Wildman–Crippen LogP) is 1.58. The van der Waals surface area contributed by atoms with Gasteiger partial charge in [0, 0.05) is 12.2 Å². The minimum Gasteiger partial charge on any atom is -0.325 e. The molecule has 2 N–H and O–H groups in total. The second-order valence-corrected chi connectivity index (χ2v) is 4.11. The van der Waals surface area contributed by atoms with Crippen molar-refractivity contribution in [2.45, 2.75) is 13.5 Å². The number of hydrogen-bond acceptors (Lipinski definition) is 4. The molecule has 0 atom stereocenters. The molecule has 2 aromatic heterocycles. The highest BCUT2D eigenvalue weighted by Crippen LogP contribution is 2.15. The SMILES string of the molecule is Cc1cc(CN)nc(-n2cnc3ccccc32)n1. The third kappa shape index (κ3) is 1.74. The molecule has 0 saturated heterocycles. The number of para-hydroxylation sites is 2. The Morgan fingerprint density at radius 3 is 2.89 bits per heavy atom. The molecule has 0 unspecified atom stereocenters. The first-order chi connectivity index (χ1) is 8.78. The third-order valence-corrected chi connectivity index (χ3v) is 2.77. The van der Waals surface area contributed by atoms with Crippen LogP contribution in [0, 0.1) is 6.92 Å². The Hall–Kier alpha value is -2.27. The summed E-state index contributed by atoms with van der Waals surface area (Å²) in [5, 5.41) is 0. The van der Waals surface area contributed by atoms with E-state index in [1.165, 1.54) is 0 Å². The largest absolute Gasteiger partial charge is 0.325 e. The van der Waals surface area contributed by atoms with Gasteiger partial charge in [-0.2, -0.15) is 0 Å². The molecule has 0 saturated carbocycles. The van der Waals surface area contributed by atoms with Crippen LogP contribution in [0.3, 0.4) is 0 Å². The highest BCUT2D eigenvalue weighted by Gasteiger charge is 2.07. The van der Waals surface area contributed by atoms with Gasteiger partial charge in [0.15, 0.2) is 0 Å². The molecule has 0 aliphatic heterocycles. The molecule has 1 aromatic carbocycles. The van der Waals surface area contributed by atoms with Gasteiger partial charge in [0.25, 0.3) is 0 Å². The molecule has 3 rings (SSSR count). The molecule has 0 radical (unpaired) electrons. The van der Waals surface area contributed by atoms with Crippen molar-refractivity contribution in [3.8, 4) is 5.95 Å². The van der Waals surface area contributed by atoms with Crippen LogP contribution < -0.4 is 5.73 Å². The molecule has 5 heteroatoms. The lowest BCUT2D eigenvalue weighted by molar-refractivity contribution is 0.875. The van der Waals surface area contributed by atoms with Gasteiger partial charge in [-0.1, -0.05) is 12.1 Å². The number of nitrogens with two attached hydrogens (primary N) is 1. The Bertz CT molecular complexity index is 701. The highest BCUT2D eigenvalue weighted by molar-refractivity contribution is 5.76. The Kier molecular flexibility index (Phi) is 2.53. The summed E-state index contributed by atoms with van der Waals surface area (Å²) in [6.07, 6.45) is 1.74. The highest BCUT2D eigenvalue weighted by atomic mass is 15.2. The van der Waals surface area contributed by atoms with Crippen molar-refractivity contribution in [1.82, 2.24) is 19.5 Å². The van der Waals surface area contributed by atoms with Gasteiger partial charge in [-0.05, 0) is 25.1 Å². The van der Waals surface area contributed by atoms with Crippen molar-refractivity contribution in [2.75, 3.05) is 0 Å². The van der Waals surface area contributed by atoms with Gasteiger partial charge >= 0.3 is 0 Å². The Labute approximate surface area is 104 Å². The lowest BCUT2D eigenvalue weighted by Crippen LogP contribution is -2.07. The second kappa shape index (κ2) is 4.19. The second-order valence-electron chi connectivity index (χ2n) is 4.11. The molecule has 5 nitrogen and oxygen atoms in total. The zero-order valence-corrected chi connectivity index (χ0v) is 10.0. The van der Waals surface area contributed by atoms with E-state index in [9.17, 15) is 0 Å². The van der Waals surface area contributed by atoms with E-state index in [-0.39, 0.29) is 0 Å². The molecule has 18 heavy (non-hydrogen) atoms. The van der Waals surface area contributed by atoms with Gasteiger partial charge in [-0.15, -0.1) is 0 Å². The molecule has 90 valence electrons. The van der Waals surface area contributed by atoms with E-state index in [2.05, 4.69) is 15.0 Å². The fraction of sp³-hybridized carbons (Fsp3) is 0.154. The van der Waals surface area contributed by atoms with Gasteiger partial charge in [-0.25, -0.2) is 15.0 Å². The van der Waals surface area contributed by atoms with Gasteiger partial charge in [0.1, 0.15) is 6.33 Å². The molecular formula is C13H13N5. The lowest BCUT2D eigenvalue weighted by Gasteiger charge is -2.05. The minimum absolute atomic E-state index is 0.406. The average molecular weight is 239 g/mol. The van der Waals surface area contributed by atoms with Crippen LogP contribution in [-0.4, -0.2) is 19.5 Å². The van der Waals surface area contributed by atoms with E-state index in [0.717, 1.165) is 22.4 Å². The Morgan fingerprint density at radius 1 is 1.22 bits per heavy atom. The zero-order valence-electron chi connectivity index (χ0n) is 10.0. The fourth-order valence-electron chi connectivity index (χ4n) is 1.95. The maximum atomic E-state index is 5.64. The molecule has 2 heterocycles. The van der Waals surface area contributed by atoms with E-state index in [1.807, 2.05) is 41.8 Å². The maximum absolute atomic E-state index is 5.64. The molecule has 0 spiro atoms. The van der Waals surface area contributed by atoms with E-state index < -0.39 is 0 Å². The van der Waals surface area contributed by atoms with Crippen LogP contribution in [0.2, 0.25) is 0 Å². The van der Waals surface area contributed by atoms with Crippen LogP contribution >= 0.6 is 0 Å². The number of rotatable bonds is 2. The molecule has 3 aromatic rings. The van der Waals surface area contributed by atoms with Crippen molar-refractivity contribution >= 4 is 11.0 Å². The number of fused-ring (bicyclic) bond motifs is 1. The first kappa shape index (κ1) is 10.9. The quantitative estimate of drug-likeness (QED) is 0.737. The summed E-state index contributed by atoms with van der Waals surface area (Å²) in [4.78, 5) is 13.2. The van der Waals surface area contributed by atoms with Crippen LogP contribution in [0.4, 0.5) is 0 Å². The van der Waals surface area contributed by atoms with Gasteiger partial charge in [0.05, 0.1) is 16.7 Å². The number of aromatic nitrogens is 4. The summed E-state index contributed by atoms with van der Waals surface area (Å²) in [6.45, 7) is 2.34. The van der Waals surface area contributed by atoms with Gasteiger partial charge in [-0.3, -0.25) is 4.57 Å². The van der Waals surface area contributed by atoms with Crippen LogP contribution in [0.1, 0.15) is 11.4 Å². The molecule has 0 amide bonds. The Morgan fingerprint density at radius 2 is 2.06 bits per heavy atom. The van der Waals surface area contributed by atoms with Crippen molar-refractivity contribution < 1.29 is 0 Å². The summed E-state index contributed by atoms with van der Waals surface area (Å²) in [6, 6.07) is 9.78. The average Bonchev–Trinajstić information content (AvgIpc) is 2.81. The maximum Gasteiger partial charge on any atom is 0.235 e. The Balaban J connectivity index is 2.22. The van der Waals surface area contributed by atoms with Gasteiger partial charge in [0.2, 0.25) is 5.95 Å². The standard InChI is InChI=1S/C13H13N5/c1-9-6-10(7-14)17-13(16-9)18-8-15-11-4-2-3-5-12(11)18/h2-6,8H,7,14H2,1H3. The normalized spacial score (nSPS) is 11.0. The van der Waals surface area contributed by atoms with Crippen LogP contribution in [-0.2, 0) is 6.54 Å². The molecule has 0 bridgehead atoms. The van der Waals surface area contributed by atoms with E-state index >= 15 is 0 Å². The summed E-state index contributed by atoms with van der Waals surface area (Å²) in [7, 11) is 0. The number of hydrogen-bond donors (Lipinski definition) is 1. The predicted molar refractivity (Wildman–Crippen MR) is 69.3 cm³/mol. The first-order valence-electron chi connectivity index (χ1n) is 5.75. The van der Waals surface area contributed by atoms with E-state index in [1.54, 1.807) is 6.33 Å². The summed E-state index contributed by atoms with van der Waals surface area (Å²) < 4.78 is 1.88. The molecule has 0 aliphatic rings. The summed E-state index contributed by atoms with van der Waals surface area (Å²) >= 11 is 0. The molecular weight excluding hydrogens is 226 g/mol. The number of aryl methyl sites for hydroxylation is 1. The van der Waals surface area contributed by atoms with Crippen molar-refractivity contribution in [3.05, 3.63) is 48.0 Å². The monoisotopic (exact) mass is 239 g/mol. The first-order valence-corrected chi connectivity index (χ1v) is 5.75. The van der Waals surface area contributed by atoms with Crippen LogP contribution in [0.25, 0.3) is 17.0 Å². The summed E-state index contributed by atoms with van der Waals surface area (Å²) in [5.74, 6) is 0.615. The zero-order chi connectivity index (χ0) is 12.5. The number of imidazole rings is 1. The van der Waals surface area contributed by atoms with Gasteiger partial charge < -0.3 is 5.73 Å². The smallest absolute Gasteiger partial charge is 0.235 e. The van der Waals surface area contributed by atoms with Crippen molar-refractivity contribution in [3.63, 3.8) is 0 Å². The van der Waals surface area contributed by atoms with E-state index in [4.69, 9.17) is 5.73 Å². The van der Waals surface area contributed by atoms with Crippen LogP contribution in [0.5, 0.6) is 0 Å². The summed E-state index contributed by atoms with van der Waals surface area (Å²) in [5.41, 5.74) is 9.29.